The van der Waals surface area contributed by atoms with E-state index in [2.05, 4.69) is 10.6 Å². The number of anilines is 2. The molecule has 0 bridgehead atoms. The third-order valence-corrected chi connectivity index (χ3v) is 4.56. The second kappa shape index (κ2) is 7.56. The van der Waals surface area contributed by atoms with Crippen molar-refractivity contribution in [1.82, 2.24) is 5.32 Å². The molecule has 0 unspecified atom stereocenters. The molecule has 2 aromatic carbocycles. The first kappa shape index (κ1) is 17.9. The van der Waals surface area contributed by atoms with Crippen molar-refractivity contribution in [2.24, 2.45) is 0 Å². The van der Waals surface area contributed by atoms with E-state index in [0.717, 1.165) is 12.0 Å². The molecule has 0 saturated carbocycles. The number of carbonyl (C=O) groups excluding carboxylic acids is 2. The topological polar surface area (TPSA) is 61.4 Å². The van der Waals surface area contributed by atoms with Crippen LogP contribution in [0.5, 0.6) is 0 Å². The van der Waals surface area contributed by atoms with Crippen molar-refractivity contribution in [2.75, 3.05) is 16.8 Å². The van der Waals surface area contributed by atoms with Crippen molar-refractivity contribution in [3.8, 4) is 0 Å². The van der Waals surface area contributed by atoms with Gasteiger partial charge in [-0.1, -0.05) is 19.1 Å². The first-order valence-electron chi connectivity index (χ1n) is 8.72. The first-order valence-corrected chi connectivity index (χ1v) is 8.72. The van der Waals surface area contributed by atoms with Gasteiger partial charge in [0.15, 0.2) is 0 Å². The van der Waals surface area contributed by atoms with Crippen molar-refractivity contribution in [3.63, 3.8) is 0 Å². The Morgan fingerprint density at radius 1 is 1.27 bits per heavy atom. The van der Waals surface area contributed by atoms with Crippen molar-refractivity contribution >= 4 is 23.3 Å². The summed E-state index contributed by atoms with van der Waals surface area (Å²) < 4.78 is 13.4. The normalized spacial score (nSPS) is 16.7. The van der Waals surface area contributed by atoms with Gasteiger partial charge in [0.1, 0.15) is 11.9 Å². The van der Waals surface area contributed by atoms with E-state index in [-0.39, 0.29) is 11.7 Å². The number of hydrogen-bond acceptors (Lipinski definition) is 2. The zero-order valence-electron chi connectivity index (χ0n) is 14.9. The highest BCUT2D eigenvalue weighted by Crippen LogP contribution is 2.24. The number of benzene rings is 2. The van der Waals surface area contributed by atoms with E-state index in [1.807, 2.05) is 31.2 Å². The molecule has 2 aromatic rings. The summed E-state index contributed by atoms with van der Waals surface area (Å²) in [7, 11) is 0. The van der Waals surface area contributed by atoms with Gasteiger partial charge in [-0.15, -0.1) is 0 Å². The van der Waals surface area contributed by atoms with E-state index in [9.17, 15) is 14.0 Å². The van der Waals surface area contributed by atoms with Gasteiger partial charge in [-0.2, -0.15) is 0 Å². The highest BCUT2D eigenvalue weighted by Gasteiger charge is 2.33. The minimum absolute atomic E-state index is 0.187. The second-order valence-corrected chi connectivity index (χ2v) is 6.42. The van der Waals surface area contributed by atoms with E-state index < -0.39 is 12.1 Å². The van der Waals surface area contributed by atoms with Crippen LogP contribution in [0.3, 0.4) is 0 Å². The summed E-state index contributed by atoms with van der Waals surface area (Å²) in [5.74, 6) is -0.489. The molecule has 0 aromatic heterocycles. The highest BCUT2D eigenvalue weighted by molar-refractivity contribution is 6.02. The van der Waals surface area contributed by atoms with E-state index in [0.29, 0.717) is 29.9 Å². The molecule has 1 heterocycles. The van der Waals surface area contributed by atoms with Gasteiger partial charge in [0.05, 0.1) is 0 Å². The van der Waals surface area contributed by atoms with Gasteiger partial charge in [0, 0.05) is 17.9 Å². The molecule has 1 saturated heterocycles. The minimum atomic E-state index is -0.588. The van der Waals surface area contributed by atoms with Crippen LogP contribution in [0.4, 0.5) is 20.6 Å². The van der Waals surface area contributed by atoms with Gasteiger partial charge in [-0.3, -0.25) is 4.79 Å². The SMILES string of the molecule is CCc1cccc(NC(=O)N[C@H]2CCN(c3ccc(F)c(C)c3)C2=O)c1. The number of urea groups is 1. The Kier molecular flexibility index (Phi) is 5.21. The van der Waals surface area contributed by atoms with E-state index in [4.69, 9.17) is 0 Å². The molecule has 0 radical (unpaired) electrons. The summed E-state index contributed by atoms with van der Waals surface area (Å²) >= 11 is 0. The third kappa shape index (κ3) is 3.85. The summed E-state index contributed by atoms with van der Waals surface area (Å²) in [6.45, 7) is 4.19. The summed E-state index contributed by atoms with van der Waals surface area (Å²) in [5, 5.41) is 5.49. The van der Waals surface area contributed by atoms with Gasteiger partial charge in [-0.25, -0.2) is 9.18 Å². The van der Waals surface area contributed by atoms with Gasteiger partial charge >= 0.3 is 6.03 Å². The average Bonchev–Trinajstić information content (AvgIpc) is 2.98. The zero-order valence-corrected chi connectivity index (χ0v) is 14.9. The molecule has 0 spiro atoms. The molecule has 26 heavy (non-hydrogen) atoms. The van der Waals surface area contributed by atoms with Gasteiger partial charge in [0.2, 0.25) is 5.91 Å². The Bertz CT molecular complexity index is 838. The zero-order chi connectivity index (χ0) is 18.7. The molecular weight excluding hydrogens is 333 g/mol. The van der Waals surface area contributed by atoms with Crippen LogP contribution in [0.15, 0.2) is 42.5 Å². The number of rotatable bonds is 4. The minimum Gasteiger partial charge on any atom is -0.326 e. The molecule has 6 heteroatoms. The molecular formula is C20H22FN3O2. The van der Waals surface area contributed by atoms with Crippen molar-refractivity contribution < 1.29 is 14.0 Å². The standard InChI is InChI=1S/C20H22FN3O2/c1-3-14-5-4-6-15(12-14)22-20(26)23-18-9-10-24(19(18)25)16-7-8-17(21)13(2)11-16/h4-8,11-12,18H,3,9-10H2,1-2H3,(H2,22,23,26)/t18-/m0/s1. The van der Waals surface area contributed by atoms with E-state index in [1.54, 1.807) is 24.0 Å². The maximum Gasteiger partial charge on any atom is 0.319 e. The fourth-order valence-electron chi connectivity index (χ4n) is 3.06. The molecule has 1 aliphatic rings. The highest BCUT2D eigenvalue weighted by atomic mass is 19.1. The van der Waals surface area contributed by atoms with Gasteiger partial charge < -0.3 is 15.5 Å². The molecule has 5 nitrogen and oxygen atoms in total. The van der Waals surface area contributed by atoms with Crippen LogP contribution in [0, 0.1) is 12.7 Å². The predicted octanol–water partition coefficient (Wildman–Crippen LogP) is 3.62. The second-order valence-electron chi connectivity index (χ2n) is 6.42. The van der Waals surface area contributed by atoms with Crippen LogP contribution in [-0.4, -0.2) is 24.5 Å². The van der Waals surface area contributed by atoms with Crippen LogP contribution in [0.2, 0.25) is 0 Å². The number of aryl methyl sites for hydroxylation is 2. The molecule has 3 amide bonds. The molecule has 1 fully saturated rings. The Balaban J connectivity index is 1.62. The lowest BCUT2D eigenvalue weighted by molar-refractivity contribution is -0.118. The smallest absolute Gasteiger partial charge is 0.319 e. The summed E-state index contributed by atoms with van der Waals surface area (Å²) in [4.78, 5) is 26.4. The Hall–Kier alpha value is -2.89. The van der Waals surface area contributed by atoms with Gasteiger partial charge in [0.25, 0.3) is 0 Å². The monoisotopic (exact) mass is 355 g/mol. The lowest BCUT2D eigenvalue weighted by atomic mass is 10.1. The van der Waals surface area contributed by atoms with Crippen LogP contribution >= 0.6 is 0 Å². The Labute approximate surface area is 152 Å². The van der Waals surface area contributed by atoms with E-state index >= 15 is 0 Å². The lowest BCUT2D eigenvalue weighted by Crippen LogP contribution is -2.43. The number of carbonyl (C=O) groups is 2. The summed E-state index contributed by atoms with van der Waals surface area (Å²) in [6, 6.07) is 11.2. The van der Waals surface area contributed by atoms with Crippen molar-refractivity contribution in [1.29, 1.82) is 0 Å². The van der Waals surface area contributed by atoms with Crippen LogP contribution in [0.25, 0.3) is 0 Å². The molecule has 136 valence electrons. The van der Waals surface area contributed by atoms with Crippen LogP contribution < -0.4 is 15.5 Å². The summed E-state index contributed by atoms with van der Waals surface area (Å²) in [5.41, 5.74) is 2.95. The Morgan fingerprint density at radius 3 is 2.81 bits per heavy atom. The number of nitrogens with zero attached hydrogens (tertiary/aromatic N) is 1. The fraction of sp³-hybridized carbons (Fsp3) is 0.300. The molecule has 0 aliphatic carbocycles. The number of amides is 3. The van der Waals surface area contributed by atoms with E-state index in [1.165, 1.54) is 6.07 Å². The number of hydrogen-bond donors (Lipinski definition) is 2. The van der Waals surface area contributed by atoms with Crippen molar-refractivity contribution in [3.05, 3.63) is 59.4 Å². The molecule has 3 rings (SSSR count). The quantitative estimate of drug-likeness (QED) is 0.880. The average molecular weight is 355 g/mol. The maximum absolute atomic E-state index is 13.4. The van der Waals surface area contributed by atoms with Gasteiger partial charge in [-0.05, 0) is 61.2 Å². The van der Waals surface area contributed by atoms with Crippen LogP contribution in [0.1, 0.15) is 24.5 Å². The lowest BCUT2D eigenvalue weighted by Gasteiger charge is -2.18. The first-order chi connectivity index (χ1) is 12.5. The van der Waals surface area contributed by atoms with Crippen molar-refractivity contribution in [2.45, 2.75) is 32.7 Å². The predicted molar refractivity (Wildman–Crippen MR) is 99.9 cm³/mol. The maximum atomic E-state index is 13.4. The Morgan fingerprint density at radius 2 is 2.08 bits per heavy atom. The van der Waals surface area contributed by atoms with Crippen LogP contribution in [-0.2, 0) is 11.2 Å². The largest absolute Gasteiger partial charge is 0.326 e. The molecule has 1 aliphatic heterocycles. The summed E-state index contributed by atoms with van der Waals surface area (Å²) in [6.07, 6.45) is 1.39. The number of halogens is 1. The number of nitrogens with one attached hydrogen (secondary N) is 2. The molecule has 2 N–H and O–H groups in total. The third-order valence-electron chi connectivity index (χ3n) is 4.56. The fourth-order valence-corrected chi connectivity index (χ4v) is 3.06. The molecule has 1 atom stereocenters.